The zero-order valence-electron chi connectivity index (χ0n) is 11.5. The Balaban J connectivity index is 0.00000162. The molecule has 0 amide bonds. The van der Waals surface area contributed by atoms with E-state index in [0.29, 0.717) is 18.5 Å². The van der Waals surface area contributed by atoms with Crippen molar-refractivity contribution in [1.82, 2.24) is 14.7 Å². The van der Waals surface area contributed by atoms with Crippen LogP contribution in [0.4, 0.5) is 0 Å². The molecule has 0 saturated heterocycles. The summed E-state index contributed by atoms with van der Waals surface area (Å²) < 4.78 is 1.89. The van der Waals surface area contributed by atoms with E-state index >= 15 is 0 Å². The normalized spacial score (nSPS) is 15.4. The van der Waals surface area contributed by atoms with Gasteiger partial charge in [0, 0.05) is 31.4 Å². The van der Waals surface area contributed by atoms with Crippen LogP contribution in [-0.2, 0) is 13.6 Å². The maximum absolute atomic E-state index is 5.96. The zero-order chi connectivity index (χ0) is 12.6. The molecule has 0 radical (unpaired) electrons. The van der Waals surface area contributed by atoms with Crippen molar-refractivity contribution in [2.24, 2.45) is 17.8 Å². The molecule has 5 nitrogen and oxygen atoms in total. The lowest BCUT2D eigenvalue weighted by atomic mass is 10.2. The molecule has 1 aliphatic carbocycles. The molecule has 0 bridgehead atoms. The van der Waals surface area contributed by atoms with Crippen LogP contribution in [0.25, 0.3) is 0 Å². The summed E-state index contributed by atoms with van der Waals surface area (Å²) in [5, 5.41) is 4.37. The Hall–Kier alpha value is -0.790. The molecule has 2 rings (SSSR count). The van der Waals surface area contributed by atoms with Gasteiger partial charge in [-0.05, 0) is 26.7 Å². The van der Waals surface area contributed by atoms with Crippen LogP contribution in [0.3, 0.4) is 0 Å². The molecule has 1 aromatic heterocycles. The summed E-state index contributed by atoms with van der Waals surface area (Å²) in [4.78, 5) is 6.53. The van der Waals surface area contributed by atoms with Crippen molar-refractivity contribution in [2.45, 2.75) is 39.3 Å². The molecule has 1 heterocycles. The first-order valence-electron chi connectivity index (χ1n) is 6.02. The van der Waals surface area contributed by atoms with Crippen LogP contribution in [-0.4, -0.2) is 33.7 Å². The lowest BCUT2D eigenvalue weighted by Crippen LogP contribution is -2.35. The fourth-order valence-electron chi connectivity index (χ4n) is 1.97. The predicted octanol–water partition coefficient (Wildman–Crippen LogP) is 1.56. The van der Waals surface area contributed by atoms with Crippen LogP contribution >= 0.6 is 24.0 Å². The number of aliphatic imine (C=N–C) groups is 1. The highest BCUT2D eigenvalue weighted by atomic mass is 127. The van der Waals surface area contributed by atoms with Crippen molar-refractivity contribution in [1.29, 1.82) is 0 Å². The Bertz CT molecular complexity index is 448. The highest BCUT2D eigenvalue weighted by Crippen LogP contribution is 2.25. The molecule has 102 valence electrons. The predicted molar refractivity (Wildman–Crippen MR) is 84.2 cm³/mol. The third-order valence-electron chi connectivity index (χ3n) is 3.51. The zero-order valence-corrected chi connectivity index (χ0v) is 13.8. The average molecular weight is 363 g/mol. The molecule has 0 aliphatic heterocycles. The Morgan fingerprint density at radius 3 is 2.56 bits per heavy atom. The van der Waals surface area contributed by atoms with Gasteiger partial charge in [0.05, 0.1) is 12.2 Å². The summed E-state index contributed by atoms with van der Waals surface area (Å²) in [6, 6.07) is 0.606. The minimum Gasteiger partial charge on any atom is -0.370 e. The molecule has 1 aliphatic rings. The van der Waals surface area contributed by atoms with Crippen LogP contribution in [0.5, 0.6) is 0 Å². The molecular weight excluding hydrogens is 341 g/mol. The second-order valence-corrected chi connectivity index (χ2v) is 4.79. The number of halogens is 1. The molecule has 1 saturated carbocycles. The largest absolute Gasteiger partial charge is 0.370 e. The third kappa shape index (κ3) is 3.15. The van der Waals surface area contributed by atoms with Gasteiger partial charge in [-0.2, -0.15) is 5.10 Å². The SMILES string of the molecule is Cc1nn(C)c(C)c1CN=C(N)N(C)C1CC1.I. The first-order chi connectivity index (χ1) is 8.00. The first-order valence-corrected chi connectivity index (χ1v) is 6.02. The summed E-state index contributed by atoms with van der Waals surface area (Å²) in [7, 11) is 3.97. The van der Waals surface area contributed by atoms with Crippen molar-refractivity contribution in [2.75, 3.05) is 7.05 Å². The van der Waals surface area contributed by atoms with Gasteiger partial charge >= 0.3 is 0 Å². The average Bonchev–Trinajstić information content (AvgIpc) is 3.07. The monoisotopic (exact) mass is 363 g/mol. The second-order valence-electron chi connectivity index (χ2n) is 4.79. The van der Waals surface area contributed by atoms with Crippen molar-refractivity contribution in [3.8, 4) is 0 Å². The number of rotatable bonds is 3. The third-order valence-corrected chi connectivity index (χ3v) is 3.51. The van der Waals surface area contributed by atoms with E-state index in [0.717, 1.165) is 11.4 Å². The van der Waals surface area contributed by atoms with E-state index in [4.69, 9.17) is 5.73 Å². The van der Waals surface area contributed by atoms with Crippen LogP contribution < -0.4 is 5.73 Å². The Morgan fingerprint density at radius 1 is 1.50 bits per heavy atom. The van der Waals surface area contributed by atoms with Crippen molar-refractivity contribution < 1.29 is 0 Å². The molecule has 0 unspecified atom stereocenters. The van der Waals surface area contributed by atoms with E-state index in [1.54, 1.807) is 0 Å². The highest BCUT2D eigenvalue weighted by Gasteiger charge is 2.27. The summed E-state index contributed by atoms with van der Waals surface area (Å²) in [6.07, 6.45) is 2.47. The summed E-state index contributed by atoms with van der Waals surface area (Å²) in [5.74, 6) is 0.634. The standard InChI is InChI=1S/C12H21N5.HI/c1-8-11(9(2)17(4)15-8)7-14-12(13)16(3)10-5-6-10;/h10H,5-7H2,1-4H3,(H2,13,14);1H. The lowest BCUT2D eigenvalue weighted by molar-refractivity contribution is 0.487. The second kappa shape index (κ2) is 5.90. The molecular formula is C12H22IN5. The maximum Gasteiger partial charge on any atom is 0.191 e. The van der Waals surface area contributed by atoms with E-state index < -0.39 is 0 Å². The summed E-state index contributed by atoms with van der Waals surface area (Å²) in [6.45, 7) is 4.69. The van der Waals surface area contributed by atoms with Crippen LogP contribution in [0.15, 0.2) is 4.99 Å². The van der Waals surface area contributed by atoms with Gasteiger partial charge in [-0.25, -0.2) is 4.99 Å². The maximum atomic E-state index is 5.96. The fraction of sp³-hybridized carbons (Fsp3) is 0.667. The van der Waals surface area contributed by atoms with Crippen LogP contribution in [0.1, 0.15) is 29.8 Å². The van der Waals surface area contributed by atoms with E-state index in [1.807, 2.05) is 25.7 Å². The van der Waals surface area contributed by atoms with Gasteiger partial charge in [-0.1, -0.05) is 0 Å². The number of hydrogen-bond donors (Lipinski definition) is 1. The lowest BCUT2D eigenvalue weighted by Gasteiger charge is -2.16. The Morgan fingerprint density at radius 2 is 2.11 bits per heavy atom. The van der Waals surface area contributed by atoms with Gasteiger partial charge in [0.2, 0.25) is 0 Å². The van der Waals surface area contributed by atoms with E-state index in [2.05, 4.69) is 21.9 Å². The number of aromatic nitrogens is 2. The molecule has 2 N–H and O–H groups in total. The molecule has 6 heteroatoms. The highest BCUT2D eigenvalue weighted by molar-refractivity contribution is 14.0. The van der Waals surface area contributed by atoms with E-state index in [1.165, 1.54) is 18.4 Å². The van der Waals surface area contributed by atoms with Crippen LogP contribution in [0, 0.1) is 13.8 Å². The number of guanidine groups is 1. The number of nitrogens with two attached hydrogens (primary N) is 1. The number of hydrogen-bond acceptors (Lipinski definition) is 2. The van der Waals surface area contributed by atoms with Gasteiger partial charge in [0.15, 0.2) is 5.96 Å². The van der Waals surface area contributed by atoms with E-state index in [9.17, 15) is 0 Å². The van der Waals surface area contributed by atoms with E-state index in [-0.39, 0.29) is 24.0 Å². The van der Waals surface area contributed by atoms with Crippen molar-refractivity contribution in [3.05, 3.63) is 17.0 Å². The van der Waals surface area contributed by atoms with Crippen molar-refractivity contribution >= 4 is 29.9 Å². The van der Waals surface area contributed by atoms with Gasteiger partial charge in [0.1, 0.15) is 0 Å². The van der Waals surface area contributed by atoms with Gasteiger partial charge < -0.3 is 10.6 Å². The van der Waals surface area contributed by atoms with Gasteiger partial charge in [0.25, 0.3) is 0 Å². The molecule has 18 heavy (non-hydrogen) atoms. The molecule has 1 aromatic rings. The minimum atomic E-state index is 0. The smallest absolute Gasteiger partial charge is 0.191 e. The number of nitrogens with zero attached hydrogens (tertiary/aromatic N) is 4. The topological polar surface area (TPSA) is 59.4 Å². The Labute approximate surface area is 125 Å². The molecule has 0 aromatic carbocycles. The summed E-state index contributed by atoms with van der Waals surface area (Å²) in [5.41, 5.74) is 9.34. The van der Waals surface area contributed by atoms with Gasteiger partial charge in [-0.3, -0.25) is 4.68 Å². The van der Waals surface area contributed by atoms with Gasteiger partial charge in [-0.15, -0.1) is 24.0 Å². The van der Waals surface area contributed by atoms with Crippen LogP contribution in [0.2, 0.25) is 0 Å². The molecule has 0 spiro atoms. The Kier molecular flexibility index (Phi) is 5.01. The quantitative estimate of drug-likeness (QED) is 0.504. The molecule has 1 fully saturated rings. The first kappa shape index (κ1) is 15.3. The fourth-order valence-corrected chi connectivity index (χ4v) is 1.97. The minimum absolute atomic E-state index is 0. The summed E-state index contributed by atoms with van der Waals surface area (Å²) >= 11 is 0. The number of aryl methyl sites for hydroxylation is 2. The van der Waals surface area contributed by atoms with Crippen molar-refractivity contribution in [3.63, 3.8) is 0 Å². The molecule has 0 atom stereocenters.